The Kier molecular flexibility index (Phi) is 2.88. The Hall–Kier alpha value is -1.32. The lowest BCUT2D eigenvalue weighted by molar-refractivity contribution is 0.0671. The highest BCUT2D eigenvalue weighted by molar-refractivity contribution is 7.10. The van der Waals surface area contributed by atoms with Crippen LogP contribution in [0.5, 0.6) is 5.75 Å². The molecule has 0 amide bonds. The maximum absolute atomic E-state index is 10.3. The number of rotatable bonds is 1. The third-order valence-corrected chi connectivity index (χ3v) is 4.54. The molecule has 1 aliphatic heterocycles. The van der Waals surface area contributed by atoms with E-state index in [1.54, 1.807) is 11.3 Å². The van der Waals surface area contributed by atoms with Gasteiger partial charge in [-0.2, -0.15) is 0 Å². The number of aliphatic hydroxyl groups is 1. The number of aryl methyl sites for hydroxylation is 2. The van der Waals surface area contributed by atoms with Gasteiger partial charge in [0.1, 0.15) is 11.9 Å². The van der Waals surface area contributed by atoms with Gasteiger partial charge in [0.05, 0.1) is 6.10 Å². The largest absolute Gasteiger partial charge is 0.484 e. The van der Waals surface area contributed by atoms with Gasteiger partial charge in [0.25, 0.3) is 0 Å². The average Bonchev–Trinajstić information content (AvgIpc) is 2.76. The van der Waals surface area contributed by atoms with E-state index in [-0.39, 0.29) is 6.10 Å². The molecule has 2 atom stereocenters. The van der Waals surface area contributed by atoms with Gasteiger partial charge < -0.3 is 9.84 Å². The molecule has 3 rings (SSSR count). The molecule has 3 heteroatoms. The van der Waals surface area contributed by atoms with Crippen LogP contribution in [0.25, 0.3) is 0 Å². The van der Waals surface area contributed by atoms with Gasteiger partial charge in [-0.1, -0.05) is 11.6 Å². The lowest BCUT2D eigenvalue weighted by atomic mass is 9.96. The molecule has 1 unspecified atom stereocenters. The first kappa shape index (κ1) is 11.8. The topological polar surface area (TPSA) is 29.5 Å². The molecule has 0 aliphatic carbocycles. The number of fused-ring (bicyclic) bond motifs is 1. The molecule has 0 fully saturated rings. The highest BCUT2D eigenvalue weighted by atomic mass is 32.1. The molecule has 0 saturated heterocycles. The van der Waals surface area contributed by atoms with Crippen LogP contribution in [0, 0.1) is 13.8 Å². The fourth-order valence-electron chi connectivity index (χ4n) is 2.44. The summed E-state index contributed by atoms with van der Waals surface area (Å²) in [5.74, 6) is 0.817. The van der Waals surface area contributed by atoms with E-state index in [1.807, 2.05) is 25.1 Å². The van der Waals surface area contributed by atoms with Crippen molar-refractivity contribution in [1.82, 2.24) is 0 Å². The van der Waals surface area contributed by atoms with Gasteiger partial charge in [-0.05, 0) is 43.0 Å². The van der Waals surface area contributed by atoms with Gasteiger partial charge in [0.15, 0.2) is 0 Å². The van der Waals surface area contributed by atoms with E-state index >= 15 is 0 Å². The van der Waals surface area contributed by atoms with Gasteiger partial charge >= 0.3 is 0 Å². The summed E-state index contributed by atoms with van der Waals surface area (Å²) in [6.07, 6.45) is 0.188. The zero-order valence-corrected chi connectivity index (χ0v) is 11.3. The smallest absolute Gasteiger partial charge is 0.136 e. The standard InChI is InChI=1S/C15H16O2S/c1-9-3-4-13-11(7-9)12(16)8-14(17-13)15-10(2)5-6-18-15/h3-7,12,14,16H,8H2,1-2H3/t12-,14?/m0/s1. The third-order valence-electron chi connectivity index (χ3n) is 3.42. The zero-order valence-electron chi connectivity index (χ0n) is 10.5. The van der Waals surface area contributed by atoms with Crippen molar-refractivity contribution in [2.45, 2.75) is 32.5 Å². The van der Waals surface area contributed by atoms with E-state index in [0.29, 0.717) is 6.42 Å². The summed E-state index contributed by atoms with van der Waals surface area (Å²) in [4.78, 5) is 1.22. The second kappa shape index (κ2) is 4.41. The van der Waals surface area contributed by atoms with Gasteiger partial charge in [0, 0.05) is 16.9 Å². The molecule has 0 bridgehead atoms. The maximum atomic E-state index is 10.3. The van der Waals surface area contributed by atoms with Crippen LogP contribution in [0.3, 0.4) is 0 Å². The fraction of sp³-hybridized carbons (Fsp3) is 0.333. The normalized spacial score (nSPS) is 22.4. The molecule has 1 aromatic carbocycles. The predicted octanol–water partition coefficient (Wildman–Crippen LogP) is 3.92. The van der Waals surface area contributed by atoms with E-state index in [9.17, 15) is 5.11 Å². The van der Waals surface area contributed by atoms with Crippen molar-refractivity contribution in [2.75, 3.05) is 0 Å². The maximum Gasteiger partial charge on any atom is 0.136 e. The summed E-state index contributed by atoms with van der Waals surface area (Å²) in [6, 6.07) is 8.09. The molecule has 1 aliphatic rings. The van der Waals surface area contributed by atoms with E-state index in [0.717, 1.165) is 16.9 Å². The molecule has 0 radical (unpaired) electrons. The predicted molar refractivity (Wildman–Crippen MR) is 73.2 cm³/mol. The van der Waals surface area contributed by atoms with E-state index < -0.39 is 6.10 Å². The molecular weight excluding hydrogens is 244 g/mol. The molecule has 0 saturated carbocycles. The SMILES string of the molecule is Cc1ccc2c(c1)[C@@H](O)CC(c1sccc1C)O2. The van der Waals surface area contributed by atoms with Gasteiger partial charge in [0.2, 0.25) is 0 Å². The van der Waals surface area contributed by atoms with E-state index in [1.165, 1.54) is 10.4 Å². The first-order valence-corrected chi connectivity index (χ1v) is 7.02. The summed E-state index contributed by atoms with van der Waals surface area (Å²) >= 11 is 1.70. The lowest BCUT2D eigenvalue weighted by Gasteiger charge is -2.29. The Morgan fingerprint density at radius 3 is 2.83 bits per heavy atom. The molecule has 1 aromatic heterocycles. The summed E-state index contributed by atoms with van der Waals surface area (Å²) in [5, 5.41) is 12.3. The molecule has 0 spiro atoms. The quantitative estimate of drug-likeness (QED) is 0.842. The number of ether oxygens (including phenoxy) is 1. The van der Waals surface area contributed by atoms with Crippen LogP contribution in [-0.2, 0) is 0 Å². The Balaban J connectivity index is 1.97. The average molecular weight is 260 g/mol. The van der Waals surface area contributed by atoms with Crippen molar-refractivity contribution in [2.24, 2.45) is 0 Å². The molecule has 2 nitrogen and oxygen atoms in total. The van der Waals surface area contributed by atoms with Crippen molar-refractivity contribution in [3.63, 3.8) is 0 Å². The monoisotopic (exact) mass is 260 g/mol. The van der Waals surface area contributed by atoms with Crippen molar-refractivity contribution in [3.05, 3.63) is 51.2 Å². The fourth-order valence-corrected chi connectivity index (χ4v) is 3.41. The van der Waals surface area contributed by atoms with Crippen LogP contribution in [0.15, 0.2) is 29.6 Å². The van der Waals surface area contributed by atoms with Crippen LogP contribution < -0.4 is 4.74 Å². The second-order valence-corrected chi connectivity index (χ2v) is 5.81. The Bertz CT molecular complexity index is 574. The summed E-state index contributed by atoms with van der Waals surface area (Å²) in [5.41, 5.74) is 3.32. The molecule has 18 heavy (non-hydrogen) atoms. The van der Waals surface area contributed by atoms with Gasteiger partial charge in [-0.3, -0.25) is 0 Å². The number of benzene rings is 1. The van der Waals surface area contributed by atoms with Crippen molar-refractivity contribution < 1.29 is 9.84 Å². The van der Waals surface area contributed by atoms with E-state index in [4.69, 9.17) is 4.74 Å². The summed E-state index contributed by atoms with van der Waals surface area (Å²) in [6.45, 7) is 4.12. The van der Waals surface area contributed by atoms with Crippen molar-refractivity contribution in [1.29, 1.82) is 0 Å². The minimum Gasteiger partial charge on any atom is -0.484 e. The summed E-state index contributed by atoms with van der Waals surface area (Å²) < 4.78 is 6.03. The summed E-state index contributed by atoms with van der Waals surface area (Å²) in [7, 11) is 0. The number of thiophene rings is 1. The Labute approximate surface area is 111 Å². The second-order valence-electron chi connectivity index (χ2n) is 4.87. The third kappa shape index (κ3) is 1.93. The molecule has 2 heterocycles. The van der Waals surface area contributed by atoms with Crippen LogP contribution in [0.4, 0.5) is 0 Å². The number of hydrogen-bond donors (Lipinski definition) is 1. The highest BCUT2D eigenvalue weighted by Gasteiger charge is 2.29. The molecular formula is C15H16O2S. The Morgan fingerprint density at radius 2 is 2.11 bits per heavy atom. The Morgan fingerprint density at radius 1 is 1.28 bits per heavy atom. The molecule has 94 valence electrons. The van der Waals surface area contributed by atoms with E-state index in [2.05, 4.69) is 18.4 Å². The van der Waals surface area contributed by atoms with Crippen molar-refractivity contribution >= 4 is 11.3 Å². The first-order valence-electron chi connectivity index (χ1n) is 6.14. The first-order chi connectivity index (χ1) is 8.65. The number of aliphatic hydroxyl groups excluding tert-OH is 1. The van der Waals surface area contributed by atoms with Gasteiger partial charge in [-0.15, -0.1) is 11.3 Å². The molecule has 1 N–H and O–H groups in total. The molecule has 2 aromatic rings. The number of hydrogen-bond acceptors (Lipinski definition) is 3. The van der Waals surface area contributed by atoms with Gasteiger partial charge in [-0.25, -0.2) is 0 Å². The van der Waals surface area contributed by atoms with Crippen molar-refractivity contribution in [3.8, 4) is 5.75 Å². The highest BCUT2D eigenvalue weighted by Crippen LogP contribution is 2.42. The minimum atomic E-state index is -0.430. The van der Waals surface area contributed by atoms with Crippen LogP contribution >= 0.6 is 11.3 Å². The zero-order chi connectivity index (χ0) is 12.7. The lowest BCUT2D eigenvalue weighted by Crippen LogP contribution is -2.18. The van der Waals surface area contributed by atoms with Crippen LogP contribution in [0.2, 0.25) is 0 Å². The van der Waals surface area contributed by atoms with Crippen LogP contribution in [-0.4, -0.2) is 5.11 Å². The van der Waals surface area contributed by atoms with Crippen LogP contribution in [0.1, 0.15) is 40.2 Å². The minimum absolute atomic E-state index is 0.0183.